The van der Waals surface area contributed by atoms with E-state index in [1.54, 1.807) is 16.6 Å². The first-order chi connectivity index (χ1) is 13.8. The lowest BCUT2D eigenvalue weighted by atomic mass is 10.1. The number of fused-ring (bicyclic) bond motifs is 1. The first-order valence-electron chi connectivity index (χ1n) is 9.80. The number of nitrogens with one attached hydrogen (secondary N) is 1. The first kappa shape index (κ1) is 19.1. The van der Waals surface area contributed by atoms with Crippen molar-refractivity contribution in [2.24, 2.45) is 7.05 Å². The summed E-state index contributed by atoms with van der Waals surface area (Å²) >= 11 is 0. The summed E-state index contributed by atoms with van der Waals surface area (Å²) in [6.45, 7) is 3.85. The van der Waals surface area contributed by atoms with Gasteiger partial charge in [0, 0.05) is 44.9 Å². The van der Waals surface area contributed by atoms with Gasteiger partial charge in [0.2, 0.25) is 5.91 Å². The monoisotopic (exact) mass is 391 g/mol. The van der Waals surface area contributed by atoms with Gasteiger partial charge in [-0.2, -0.15) is 5.10 Å². The highest BCUT2D eigenvalue weighted by Gasteiger charge is 2.28. The van der Waals surface area contributed by atoms with Crippen LogP contribution in [0.1, 0.15) is 53.0 Å². The summed E-state index contributed by atoms with van der Waals surface area (Å²) in [5.74, 6) is 0.216. The Morgan fingerprint density at radius 1 is 1.28 bits per heavy atom. The summed E-state index contributed by atoms with van der Waals surface area (Å²) in [4.78, 5) is 31.3. The normalized spacial score (nSPS) is 13.5. The fraction of sp³-hybridized carbons (Fsp3) is 0.364. The van der Waals surface area contributed by atoms with Gasteiger partial charge in [-0.1, -0.05) is 18.2 Å². The van der Waals surface area contributed by atoms with Gasteiger partial charge in [-0.05, 0) is 37.5 Å². The number of carbonyl (C=O) groups is 2. The Morgan fingerprint density at radius 2 is 2.00 bits per heavy atom. The maximum Gasteiger partial charge on any atom is 0.256 e. The molecule has 3 aromatic rings. The van der Waals surface area contributed by atoms with E-state index in [-0.39, 0.29) is 11.8 Å². The van der Waals surface area contributed by atoms with E-state index in [4.69, 9.17) is 4.98 Å². The molecule has 1 saturated carbocycles. The van der Waals surface area contributed by atoms with Gasteiger partial charge in [0.15, 0.2) is 5.65 Å². The van der Waals surface area contributed by atoms with Crippen molar-refractivity contribution in [3.63, 3.8) is 0 Å². The van der Waals surface area contributed by atoms with Gasteiger partial charge in [-0.15, -0.1) is 0 Å². The van der Waals surface area contributed by atoms with E-state index < -0.39 is 0 Å². The second-order valence-electron chi connectivity index (χ2n) is 7.76. The number of hydrogen-bond donors (Lipinski definition) is 1. The van der Waals surface area contributed by atoms with Crippen molar-refractivity contribution < 1.29 is 9.59 Å². The third-order valence-corrected chi connectivity index (χ3v) is 5.44. The number of hydrogen-bond acceptors (Lipinski definition) is 4. The van der Waals surface area contributed by atoms with E-state index in [9.17, 15) is 9.59 Å². The Labute approximate surface area is 169 Å². The molecule has 0 spiro atoms. The van der Waals surface area contributed by atoms with Crippen LogP contribution in [0.15, 0.2) is 30.3 Å². The largest absolute Gasteiger partial charge is 0.342 e. The molecule has 0 saturated heterocycles. The van der Waals surface area contributed by atoms with Crippen LogP contribution in [0.4, 0.5) is 5.69 Å². The van der Waals surface area contributed by atoms with E-state index in [1.165, 1.54) is 6.92 Å². The number of aryl methyl sites for hydroxylation is 2. The van der Waals surface area contributed by atoms with Crippen molar-refractivity contribution in [3.8, 4) is 0 Å². The lowest BCUT2D eigenvalue weighted by molar-refractivity contribution is -0.128. The van der Waals surface area contributed by atoms with Gasteiger partial charge in [0.1, 0.15) is 0 Å². The molecule has 2 aromatic heterocycles. The second-order valence-corrected chi connectivity index (χ2v) is 7.76. The summed E-state index contributed by atoms with van der Waals surface area (Å²) in [6.07, 6.45) is 2.22. The predicted molar refractivity (Wildman–Crippen MR) is 112 cm³/mol. The molecular formula is C22H25N5O2. The highest BCUT2D eigenvalue weighted by molar-refractivity contribution is 6.13. The van der Waals surface area contributed by atoms with Crippen LogP contribution in [-0.2, 0) is 18.4 Å². The van der Waals surface area contributed by atoms with Gasteiger partial charge in [0.25, 0.3) is 5.91 Å². The van der Waals surface area contributed by atoms with Crippen LogP contribution >= 0.6 is 0 Å². The van der Waals surface area contributed by atoms with E-state index in [1.807, 2.05) is 44.3 Å². The zero-order valence-electron chi connectivity index (χ0n) is 17.2. The number of amides is 2. The topological polar surface area (TPSA) is 80.1 Å². The van der Waals surface area contributed by atoms with E-state index in [0.717, 1.165) is 40.8 Å². The maximum atomic E-state index is 13.3. The molecule has 4 rings (SSSR count). The number of nitrogens with zero attached hydrogens (tertiary/aromatic N) is 4. The molecule has 0 bridgehead atoms. The predicted octanol–water partition coefficient (Wildman–Crippen LogP) is 3.38. The van der Waals surface area contributed by atoms with Crippen molar-refractivity contribution in [3.05, 3.63) is 52.8 Å². The molecule has 7 heteroatoms. The van der Waals surface area contributed by atoms with Crippen LogP contribution in [-0.4, -0.2) is 38.5 Å². The van der Waals surface area contributed by atoms with Gasteiger partial charge in [-0.25, -0.2) is 4.98 Å². The fourth-order valence-electron chi connectivity index (χ4n) is 3.57. The molecule has 1 aliphatic carbocycles. The Kier molecular flexibility index (Phi) is 4.82. The van der Waals surface area contributed by atoms with Crippen LogP contribution in [0, 0.1) is 6.92 Å². The van der Waals surface area contributed by atoms with Gasteiger partial charge >= 0.3 is 0 Å². The molecule has 1 fully saturated rings. The van der Waals surface area contributed by atoms with Crippen molar-refractivity contribution in [1.82, 2.24) is 19.7 Å². The lowest BCUT2D eigenvalue weighted by Crippen LogP contribution is -2.24. The quantitative estimate of drug-likeness (QED) is 0.723. The minimum absolute atomic E-state index is 0.0259. The molecule has 0 unspecified atom stereocenters. The fourth-order valence-corrected chi connectivity index (χ4v) is 3.57. The van der Waals surface area contributed by atoms with Crippen molar-refractivity contribution in [2.75, 3.05) is 12.4 Å². The Hall–Kier alpha value is -3.22. The second kappa shape index (κ2) is 7.31. The van der Waals surface area contributed by atoms with Crippen molar-refractivity contribution in [1.29, 1.82) is 0 Å². The van der Waals surface area contributed by atoms with Crippen LogP contribution in [0.5, 0.6) is 0 Å². The van der Waals surface area contributed by atoms with Crippen LogP contribution < -0.4 is 5.32 Å². The van der Waals surface area contributed by atoms with Crippen LogP contribution in [0.2, 0.25) is 0 Å². The summed E-state index contributed by atoms with van der Waals surface area (Å²) < 4.78 is 1.74. The average Bonchev–Trinajstić information content (AvgIpc) is 3.49. The number of carbonyl (C=O) groups excluding carboxylic acids is 2. The number of aromatic nitrogens is 3. The van der Waals surface area contributed by atoms with Gasteiger partial charge in [0.05, 0.1) is 16.6 Å². The van der Waals surface area contributed by atoms with Crippen LogP contribution in [0.3, 0.4) is 0 Å². The third-order valence-electron chi connectivity index (χ3n) is 5.44. The van der Waals surface area contributed by atoms with Gasteiger partial charge in [-0.3, -0.25) is 14.3 Å². The summed E-state index contributed by atoms with van der Waals surface area (Å²) in [5.41, 5.74) is 4.65. The highest BCUT2D eigenvalue weighted by Crippen LogP contribution is 2.40. The lowest BCUT2D eigenvalue weighted by Gasteiger charge is -2.18. The zero-order valence-corrected chi connectivity index (χ0v) is 17.2. The SMILES string of the molecule is CC(=O)N(C)Cc1ccccc1NC(=O)c1cc(C2CC2)nc2c1c(C)nn2C. The Bertz CT molecular complexity index is 1110. The zero-order chi connectivity index (χ0) is 20.7. The smallest absolute Gasteiger partial charge is 0.256 e. The molecule has 7 nitrogen and oxygen atoms in total. The molecule has 0 atom stereocenters. The highest BCUT2D eigenvalue weighted by atomic mass is 16.2. The maximum absolute atomic E-state index is 13.3. The minimum Gasteiger partial charge on any atom is -0.342 e. The van der Waals surface area contributed by atoms with Crippen LogP contribution in [0.25, 0.3) is 11.0 Å². The molecule has 0 aliphatic heterocycles. The number of anilines is 1. The number of benzene rings is 1. The number of rotatable bonds is 5. The molecule has 1 aromatic carbocycles. The van der Waals surface area contributed by atoms with E-state index >= 15 is 0 Å². The van der Waals surface area contributed by atoms with Crippen molar-refractivity contribution in [2.45, 2.75) is 39.2 Å². The summed E-state index contributed by atoms with van der Waals surface area (Å²) in [6, 6.07) is 9.47. The average molecular weight is 391 g/mol. The molecular weight excluding hydrogens is 366 g/mol. The molecule has 1 aliphatic rings. The van der Waals surface area contributed by atoms with Gasteiger partial charge < -0.3 is 10.2 Å². The molecule has 1 N–H and O–H groups in total. The molecule has 150 valence electrons. The van der Waals surface area contributed by atoms with Crippen molar-refractivity contribution >= 4 is 28.5 Å². The minimum atomic E-state index is -0.187. The third kappa shape index (κ3) is 3.72. The first-order valence-corrected chi connectivity index (χ1v) is 9.80. The molecule has 2 heterocycles. The Balaban J connectivity index is 1.71. The molecule has 0 radical (unpaired) electrons. The molecule has 29 heavy (non-hydrogen) atoms. The summed E-state index contributed by atoms with van der Waals surface area (Å²) in [7, 11) is 3.60. The number of pyridine rings is 1. The summed E-state index contributed by atoms with van der Waals surface area (Å²) in [5, 5.41) is 8.30. The Morgan fingerprint density at radius 3 is 2.69 bits per heavy atom. The van der Waals surface area contributed by atoms with E-state index in [0.29, 0.717) is 23.7 Å². The van der Waals surface area contributed by atoms with E-state index in [2.05, 4.69) is 10.4 Å². The number of para-hydroxylation sites is 1. The molecule has 2 amide bonds. The standard InChI is InChI=1S/C22H25N5O2/c1-13-20-17(11-19(15-9-10-15)23-21(20)27(4)25-13)22(29)24-18-8-6-5-7-16(18)12-26(3)14(2)28/h5-8,11,15H,9-10,12H2,1-4H3,(H,24,29).